The summed E-state index contributed by atoms with van der Waals surface area (Å²) in [4.78, 5) is 22.7. The van der Waals surface area contributed by atoms with Gasteiger partial charge in [-0.15, -0.1) is 0 Å². The number of benzene rings is 1. The van der Waals surface area contributed by atoms with Crippen LogP contribution in [0, 0.1) is 0 Å². The molecule has 0 radical (unpaired) electrons. The first-order chi connectivity index (χ1) is 10.3. The van der Waals surface area contributed by atoms with Crippen molar-refractivity contribution in [3.8, 4) is 0 Å². The fraction of sp³-hybridized carbons (Fsp3) is 0.412. The van der Waals surface area contributed by atoms with Crippen LogP contribution in [0.25, 0.3) is 0 Å². The number of carbonyl (C=O) groups is 2. The van der Waals surface area contributed by atoms with Gasteiger partial charge in [0.15, 0.2) is 11.6 Å². The molecule has 1 aromatic rings. The molecule has 0 bridgehead atoms. The molecule has 1 aliphatic carbocycles. The van der Waals surface area contributed by atoms with Crippen molar-refractivity contribution < 1.29 is 19.1 Å². The summed E-state index contributed by atoms with van der Waals surface area (Å²) in [7, 11) is 0. The summed E-state index contributed by atoms with van der Waals surface area (Å²) in [6, 6.07) is 9.14. The maximum absolute atomic E-state index is 11.7. The molecule has 0 saturated heterocycles. The van der Waals surface area contributed by atoms with Crippen molar-refractivity contribution in [2.45, 2.75) is 25.7 Å². The molecule has 0 spiro atoms. The van der Waals surface area contributed by atoms with E-state index in [2.05, 4.69) is 0 Å². The van der Waals surface area contributed by atoms with Gasteiger partial charge in [-0.2, -0.15) is 0 Å². The van der Waals surface area contributed by atoms with Crippen LogP contribution in [0.4, 0.5) is 0 Å². The van der Waals surface area contributed by atoms with Gasteiger partial charge in [0, 0.05) is 31.1 Å². The molecule has 4 nitrogen and oxygen atoms in total. The van der Waals surface area contributed by atoms with Gasteiger partial charge in [0.25, 0.3) is 0 Å². The van der Waals surface area contributed by atoms with Crippen LogP contribution in [-0.2, 0) is 14.3 Å². The summed E-state index contributed by atoms with van der Waals surface area (Å²) in [5.41, 5.74) is 0.679. The molecular weight excluding hydrogens is 268 g/mol. The summed E-state index contributed by atoms with van der Waals surface area (Å²) in [5.74, 6) is 0.939. The molecule has 0 N–H and O–H groups in total. The van der Waals surface area contributed by atoms with Gasteiger partial charge in [0.05, 0.1) is 12.4 Å². The van der Waals surface area contributed by atoms with E-state index in [-0.39, 0.29) is 18.2 Å². The first-order valence-electron chi connectivity index (χ1n) is 7.28. The Bertz CT molecular complexity index is 505. The predicted octanol–water partition coefficient (Wildman–Crippen LogP) is 2.93. The van der Waals surface area contributed by atoms with E-state index < -0.39 is 0 Å². The standard InChI is InChI=1S/C17H20O4/c18-15-8-9-16(12-15)21-11-5-4-10-20-13-17(19)14-6-2-1-3-7-14/h1-3,6-7,12H,4-5,8-11,13H2. The number of ketones is 2. The molecule has 0 unspecified atom stereocenters. The molecule has 21 heavy (non-hydrogen) atoms. The third-order valence-electron chi connectivity index (χ3n) is 3.24. The highest BCUT2D eigenvalue weighted by Crippen LogP contribution is 2.16. The van der Waals surface area contributed by atoms with Gasteiger partial charge in [0.2, 0.25) is 0 Å². The van der Waals surface area contributed by atoms with Crippen molar-refractivity contribution in [1.29, 1.82) is 0 Å². The Kier molecular flexibility index (Phi) is 6.16. The second-order valence-corrected chi connectivity index (χ2v) is 4.97. The molecular formula is C17H20O4. The summed E-state index contributed by atoms with van der Waals surface area (Å²) < 4.78 is 10.9. The molecule has 0 saturated carbocycles. The lowest BCUT2D eigenvalue weighted by molar-refractivity contribution is -0.114. The minimum atomic E-state index is 0.00136. The molecule has 0 fully saturated rings. The van der Waals surface area contributed by atoms with Gasteiger partial charge >= 0.3 is 0 Å². The molecule has 1 aromatic carbocycles. The Labute approximate surface area is 124 Å². The van der Waals surface area contributed by atoms with Gasteiger partial charge < -0.3 is 9.47 Å². The summed E-state index contributed by atoms with van der Waals surface area (Å²) in [5, 5.41) is 0. The molecule has 0 heterocycles. The molecule has 112 valence electrons. The molecule has 1 aliphatic rings. The van der Waals surface area contributed by atoms with Gasteiger partial charge in [-0.05, 0) is 12.8 Å². The lowest BCUT2D eigenvalue weighted by Crippen LogP contribution is -2.10. The normalized spacial score (nSPS) is 14.1. The zero-order chi connectivity index (χ0) is 14.9. The number of unbranched alkanes of at least 4 members (excludes halogenated alkanes) is 1. The van der Waals surface area contributed by atoms with Gasteiger partial charge in [-0.25, -0.2) is 0 Å². The van der Waals surface area contributed by atoms with Crippen molar-refractivity contribution in [3.05, 3.63) is 47.7 Å². The summed E-state index contributed by atoms with van der Waals surface area (Å²) in [6.07, 6.45) is 4.56. The van der Waals surface area contributed by atoms with Crippen LogP contribution in [-0.4, -0.2) is 31.4 Å². The number of ether oxygens (including phenoxy) is 2. The second-order valence-electron chi connectivity index (χ2n) is 4.97. The fourth-order valence-corrected chi connectivity index (χ4v) is 2.07. The Morgan fingerprint density at radius 2 is 1.81 bits per heavy atom. The van der Waals surface area contributed by atoms with E-state index in [1.807, 2.05) is 18.2 Å². The zero-order valence-electron chi connectivity index (χ0n) is 12.0. The van der Waals surface area contributed by atoms with Crippen LogP contribution < -0.4 is 0 Å². The van der Waals surface area contributed by atoms with E-state index in [1.165, 1.54) is 0 Å². The third kappa shape index (κ3) is 5.52. The number of hydrogen-bond acceptors (Lipinski definition) is 4. The molecule has 0 atom stereocenters. The molecule has 4 heteroatoms. The van der Waals surface area contributed by atoms with Gasteiger partial charge in [-0.1, -0.05) is 30.3 Å². The molecule has 0 aromatic heterocycles. The van der Waals surface area contributed by atoms with Crippen molar-refractivity contribution in [1.82, 2.24) is 0 Å². The van der Waals surface area contributed by atoms with E-state index in [0.717, 1.165) is 25.0 Å². The fourth-order valence-electron chi connectivity index (χ4n) is 2.07. The number of rotatable bonds is 9. The Morgan fingerprint density at radius 3 is 2.52 bits per heavy atom. The second kappa shape index (κ2) is 8.37. The Morgan fingerprint density at radius 1 is 1.05 bits per heavy atom. The van der Waals surface area contributed by atoms with E-state index in [9.17, 15) is 9.59 Å². The molecule has 0 aliphatic heterocycles. The molecule has 0 amide bonds. The van der Waals surface area contributed by atoms with Gasteiger partial charge in [-0.3, -0.25) is 9.59 Å². The lowest BCUT2D eigenvalue weighted by atomic mass is 10.1. The number of allylic oxidation sites excluding steroid dienone is 2. The van der Waals surface area contributed by atoms with Crippen LogP contribution in [0.2, 0.25) is 0 Å². The maximum Gasteiger partial charge on any atom is 0.188 e. The number of Topliss-reactive ketones (excluding diaryl/α,β-unsaturated/α-hetero) is 1. The van der Waals surface area contributed by atoms with Crippen molar-refractivity contribution in [2.24, 2.45) is 0 Å². The van der Waals surface area contributed by atoms with Crippen LogP contribution in [0.15, 0.2) is 42.2 Å². The van der Waals surface area contributed by atoms with E-state index in [4.69, 9.17) is 9.47 Å². The lowest BCUT2D eigenvalue weighted by Gasteiger charge is -2.06. The molecule has 2 rings (SSSR count). The summed E-state index contributed by atoms with van der Waals surface area (Å²) >= 11 is 0. The van der Waals surface area contributed by atoms with E-state index in [0.29, 0.717) is 25.2 Å². The van der Waals surface area contributed by atoms with Crippen LogP contribution in [0.1, 0.15) is 36.0 Å². The van der Waals surface area contributed by atoms with Gasteiger partial charge in [0.1, 0.15) is 6.61 Å². The van der Waals surface area contributed by atoms with Crippen molar-refractivity contribution in [2.75, 3.05) is 19.8 Å². The van der Waals surface area contributed by atoms with Crippen LogP contribution >= 0.6 is 0 Å². The highest BCUT2D eigenvalue weighted by Gasteiger charge is 2.12. The smallest absolute Gasteiger partial charge is 0.188 e. The van der Waals surface area contributed by atoms with Crippen molar-refractivity contribution in [3.63, 3.8) is 0 Å². The average Bonchev–Trinajstić information content (AvgIpc) is 2.92. The quantitative estimate of drug-likeness (QED) is 0.518. The number of hydrogen-bond donors (Lipinski definition) is 0. The third-order valence-corrected chi connectivity index (χ3v) is 3.24. The number of carbonyl (C=O) groups excluding carboxylic acids is 2. The topological polar surface area (TPSA) is 52.6 Å². The predicted molar refractivity (Wildman–Crippen MR) is 79.1 cm³/mol. The zero-order valence-corrected chi connectivity index (χ0v) is 12.0. The van der Waals surface area contributed by atoms with E-state index in [1.54, 1.807) is 18.2 Å². The highest BCUT2D eigenvalue weighted by atomic mass is 16.5. The minimum absolute atomic E-state index is 0.00136. The Hall–Kier alpha value is -1.94. The van der Waals surface area contributed by atoms with Crippen LogP contribution in [0.5, 0.6) is 0 Å². The summed E-state index contributed by atoms with van der Waals surface area (Å²) in [6.45, 7) is 1.25. The largest absolute Gasteiger partial charge is 0.498 e. The SMILES string of the molecule is O=C1C=C(OCCCCOCC(=O)c2ccccc2)CC1. The first kappa shape index (κ1) is 15.4. The van der Waals surface area contributed by atoms with Crippen LogP contribution in [0.3, 0.4) is 0 Å². The monoisotopic (exact) mass is 288 g/mol. The highest BCUT2D eigenvalue weighted by molar-refractivity contribution is 5.97. The van der Waals surface area contributed by atoms with E-state index >= 15 is 0 Å². The first-order valence-corrected chi connectivity index (χ1v) is 7.28. The minimum Gasteiger partial charge on any atom is -0.498 e. The van der Waals surface area contributed by atoms with Crippen molar-refractivity contribution >= 4 is 11.6 Å². The average molecular weight is 288 g/mol. The Balaban J connectivity index is 1.50. The maximum atomic E-state index is 11.7.